The highest BCUT2D eigenvalue weighted by Gasteiger charge is 2.16. The van der Waals surface area contributed by atoms with Crippen molar-refractivity contribution in [1.29, 1.82) is 0 Å². The summed E-state index contributed by atoms with van der Waals surface area (Å²) in [7, 11) is 1.56. The number of rotatable bonds is 5. The van der Waals surface area contributed by atoms with E-state index < -0.39 is 4.92 Å². The largest absolute Gasteiger partial charge is 0.496 e. The Bertz CT molecular complexity index is 407. The van der Waals surface area contributed by atoms with Crippen LogP contribution in [0.15, 0.2) is 18.2 Å². The Morgan fingerprint density at radius 2 is 2.12 bits per heavy atom. The van der Waals surface area contributed by atoms with E-state index >= 15 is 0 Å². The van der Waals surface area contributed by atoms with E-state index in [1.165, 1.54) is 6.07 Å². The van der Waals surface area contributed by atoms with E-state index in [4.69, 9.17) is 16.3 Å². The molecular formula is C12H16ClNO3. The van der Waals surface area contributed by atoms with Crippen LogP contribution in [0.25, 0.3) is 0 Å². The lowest BCUT2D eigenvalue weighted by Gasteiger charge is -2.15. The first kappa shape index (κ1) is 13.8. The van der Waals surface area contributed by atoms with Crippen LogP contribution in [0.4, 0.5) is 5.69 Å². The SMILES string of the molecule is COc1ccc([N+](=O)[O-])cc1CC(C)C(C)Cl. The lowest BCUT2D eigenvalue weighted by atomic mass is 9.97. The molecule has 4 nitrogen and oxygen atoms in total. The standard InChI is InChI=1S/C12H16ClNO3/c1-8(9(2)13)6-10-7-11(14(15)16)4-5-12(10)17-3/h4-5,7-9H,6H2,1-3H3. The van der Waals surface area contributed by atoms with E-state index in [9.17, 15) is 10.1 Å². The molecular weight excluding hydrogens is 242 g/mol. The van der Waals surface area contributed by atoms with Gasteiger partial charge in [-0.05, 0) is 25.3 Å². The van der Waals surface area contributed by atoms with Gasteiger partial charge in [-0.25, -0.2) is 0 Å². The molecule has 1 rings (SSSR count). The molecule has 0 spiro atoms. The lowest BCUT2D eigenvalue weighted by molar-refractivity contribution is -0.384. The van der Waals surface area contributed by atoms with Gasteiger partial charge in [-0.1, -0.05) is 6.92 Å². The van der Waals surface area contributed by atoms with Crippen LogP contribution in [-0.4, -0.2) is 17.4 Å². The third kappa shape index (κ3) is 3.60. The zero-order chi connectivity index (χ0) is 13.0. The third-order valence-corrected chi connectivity index (χ3v) is 3.23. The number of alkyl halides is 1. The molecule has 0 aromatic heterocycles. The Balaban J connectivity index is 3.02. The van der Waals surface area contributed by atoms with Gasteiger partial charge in [0.2, 0.25) is 0 Å². The fraction of sp³-hybridized carbons (Fsp3) is 0.500. The van der Waals surface area contributed by atoms with Crippen molar-refractivity contribution in [3.05, 3.63) is 33.9 Å². The van der Waals surface area contributed by atoms with Crippen LogP contribution in [0.1, 0.15) is 19.4 Å². The summed E-state index contributed by atoms with van der Waals surface area (Å²) >= 11 is 6.00. The van der Waals surface area contributed by atoms with Crippen LogP contribution in [0.5, 0.6) is 5.75 Å². The molecule has 0 saturated heterocycles. The quantitative estimate of drug-likeness (QED) is 0.461. The number of non-ortho nitro benzene ring substituents is 1. The van der Waals surface area contributed by atoms with Crippen LogP contribution in [0, 0.1) is 16.0 Å². The second kappa shape index (κ2) is 5.87. The molecule has 0 aliphatic rings. The minimum atomic E-state index is -0.405. The fourth-order valence-corrected chi connectivity index (χ4v) is 1.64. The van der Waals surface area contributed by atoms with Crippen molar-refractivity contribution in [2.24, 2.45) is 5.92 Å². The Labute approximate surface area is 106 Å². The summed E-state index contributed by atoms with van der Waals surface area (Å²) in [4.78, 5) is 10.3. The molecule has 94 valence electrons. The molecule has 0 amide bonds. The van der Waals surface area contributed by atoms with E-state index in [0.717, 1.165) is 5.56 Å². The topological polar surface area (TPSA) is 52.4 Å². The van der Waals surface area contributed by atoms with E-state index in [0.29, 0.717) is 12.2 Å². The van der Waals surface area contributed by atoms with Crippen LogP contribution < -0.4 is 4.74 Å². The Kier molecular flexibility index (Phi) is 4.75. The van der Waals surface area contributed by atoms with Crippen LogP contribution >= 0.6 is 11.6 Å². The first-order valence-corrected chi connectivity index (χ1v) is 5.84. The number of halogens is 1. The summed E-state index contributed by atoms with van der Waals surface area (Å²) in [6, 6.07) is 4.62. The van der Waals surface area contributed by atoms with Gasteiger partial charge in [-0.2, -0.15) is 0 Å². The van der Waals surface area contributed by atoms with Crippen LogP contribution in [-0.2, 0) is 6.42 Å². The van der Waals surface area contributed by atoms with Gasteiger partial charge >= 0.3 is 0 Å². The monoisotopic (exact) mass is 257 g/mol. The Hall–Kier alpha value is -1.29. The van der Waals surface area contributed by atoms with Gasteiger partial charge in [0.1, 0.15) is 5.75 Å². The highest BCUT2D eigenvalue weighted by Crippen LogP contribution is 2.27. The molecule has 5 heteroatoms. The molecule has 1 aromatic rings. The first-order valence-electron chi connectivity index (χ1n) is 5.41. The molecule has 17 heavy (non-hydrogen) atoms. The molecule has 1 aromatic carbocycles. The zero-order valence-electron chi connectivity index (χ0n) is 10.1. The maximum Gasteiger partial charge on any atom is 0.269 e. The molecule has 0 bridgehead atoms. The van der Waals surface area contributed by atoms with Crippen molar-refractivity contribution < 1.29 is 9.66 Å². The molecule has 0 heterocycles. The Morgan fingerprint density at radius 3 is 2.59 bits per heavy atom. The van der Waals surface area contributed by atoms with Crippen molar-refractivity contribution >= 4 is 17.3 Å². The second-order valence-corrected chi connectivity index (χ2v) is 4.80. The second-order valence-electron chi connectivity index (χ2n) is 4.11. The zero-order valence-corrected chi connectivity index (χ0v) is 10.9. The van der Waals surface area contributed by atoms with Crippen molar-refractivity contribution in [2.75, 3.05) is 7.11 Å². The highest BCUT2D eigenvalue weighted by molar-refractivity contribution is 6.20. The summed E-state index contributed by atoms with van der Waals surface area (Å²) in [5, 5.41) is 10.7. The van der Waals surface area contributed by atoms with Gasteiger partial charge in [-0.3, -0.25) is 10.1 Å². The van der Waals surface area contributed by atoms with Gasteiger partial charge in [0.05, 0.1) is 12.0 Å². The van der Waals surface area contributed by atoms with Crippen LogP contribution in [0.2, 0.25) is 0 Å². The Morgan fingerprint density at radius 1 is 1.47 bits per heavy atom. The number of hydrogen-bond acceptors (Lipinski definition) is 3. The maximum atomic E-state index is 10.7. The number of benzene rings is 1. The average Bonchev–Trinajstić information content (AvgIpc) is 2.28. The van der Waals surface area contributed by atoms with Crippen LogP contribution in [0.3, 0.4) is 0 Å². The van der Waals surface area contributed by atoms with Gasteiger partial charge in [0, 0.05) is 23.1 Å². The average molecular weight is 258 g/mol. The molecule has 0 saturated carbocycles. The minimum absolute atomic E-state index is 0.0129. The lowest BCUT2D eigenvalue weighted by Crippen LogP contribution is -2.11. The van der Waals surface area contributed by atoms with Crippen molar-refractivity contribution in [1.82, 2.24) is 0 Å². The normalized spacial score (nSPS) is 14.1. The van der Waals surface area contributed by atoms with Gasteiger partial charge in [0.25, 0.3) is 5.69 Å². The number of nitro groups is 1. The molecule has 0 aliphatic carbocycles. The minimum Gasteiger partial charge on any atom is -0.496 e. The maximum absolute atomic E-state index is 10.7. The number of hydrogen-bond donors (Lipinski definition) is 0. The van der Waals surface area contributed by atoms with E-state index in [1.807, 2.05) is 13.8 Å². The summed E-state index contributed by atoms with van der Waals surface area (Å²) in [5.41, 5.74) is 0.900. The first-order chi connectivity index (χ1) is 7.95. The van der Waals surface area contributed by atoms with Crippen molar-refractivity contribution in [3.8, 4) is 5.75 Å². The molecule has 0 radical (unpaired) electrons. The summed E-state index contributed by atoms with van der Waals surface area (Å²) in [6.07, 6.45) is 0.662. The summed E-state index contributed by atoms with van der Waals surface area (Å²) < 4.78 is 5.20. The summed E-state index contributed by atoms with van der Waals surface area (Å²) in [6.45, 7) is 3.92. The number of nitro benzene ring substituents is 1. The third-order valence-electron chi connectivity index (χ3n) is 2.80. The van der Waals surface area contributed by atoms with Gasteiger partial charge < -0.3 is 4.74 Å². The number of methoxy groups -OCH3 is 1. The molecule has 0 fully saturated rings. The molecule has 2 atom stereocenters. The van der Waals surface area contributed by atoms with E-state index in [1.54, 1.807) is 19.2 Å². The smallest absolute Gasteiger partial charge is 0.269 e. The predicted molar refractivity (Wildman–Crippen MR) is 67.8 cm³/mol. The predicted octanol–water partition coefficient (Wildman–Crippen LogP) is 3.41. The van der Waals surface area contributed by atoms with Crippen molar-refractivity contribution in [3.63, 3.8) is 0 Å². The molecule has 0 aliphatic heterocycles. The highest BCUT2D eigenvalue weighted by atomic mass is 35.5. The summed E-state index contributed by atoms with van der Waals surface area (Å²) in [5.74, 6) is 0.896. The number of nitrogens with zero attached hydrogens (tertiary/aromatic N) is 1. The van der Waals surface area contributed by atoms with Crippen molar-refractivity contribution in [2.45, 2.75) is 25.6 Å². The van der Waals surface area contributed by atoms with Gasteiger partial charge in [-0.15, -0.1) is 11.6 Å². The molecule has 2 unspecified atom stereocenters. The number of ether oxygens (including phenoxy) is 1. The molecule has 0 N–H and O–H groups in total. The van der Waals surface area contributed by atoms with E-state index in [2.05, 4.69) is 0 Å². The van der Waals surface area contributed by atoms with Gasteiger partial charge in [0.15, 0.2) is 0 Å². The fourth-order valence-electron chi connectivity index (χ4n) is 1.55. The van der Waals surface area contributed by atoms with E-state index in [-0.39, 0.29) is 17.0 Å².